The summed E-state index contributed by atoms with van der Waals surface area (Å²) in [5.41, 5.74) is 0.313. The molecule has 0 aliphatic rings. The minimum atomic E-state index is -0.646. The van der Waals surface area contributed by atoms with E-state index in [4.69, 9.17) is 14.2 Å². The van der Waals surface area contributed by atoms with E-state index in [-0.39, 0.29) is 19.2 Å². The number of hydrogen-bond acceptors (Lipinski definition) is 5. The molecule has 18 heavy (non-hydrogen) atoms. The van der Waals surface area contributed by atoms with Crippen molar-refractivity contribution in [2.75, 3.05) is 20.3 Å². The predicted molar refractivity (Wildman–Crippen MR) is 71.3 cm³/mol. The smallest absolute Gasteiger partial charge is 0.333 e. The highest BCUT2D eigenvalue weighted by molar-refractivity contribution is 7.20. The number of carbonyl (C=O) groups excluding carboxylic acids is 2. The Morgan fingerprint density at radius 2 is 1.78 bits per heavy atom. The van der Waals surface area contributed by atoms with Gasteiger partial charge < -0.3 is 14.2 Å². The molecule has 0 heterocycles. The van der Waals surface area contributed by atoms with Crippen molar-refractivity contribution in [1.29, 1.82) is 0 Å². The fourth-order valence-corrected chi connectivity index (χ4v) is 0.914. The average Bonchev–Trinajstić information content (AvgIpc) is 2.26. The van der Waals surface area contributed by atoms with Gasteiger partial charge in [0, 0.05) is 12.7 Å². The lowest BCUT2D eigenvalue weighted by Crippen LogP contribution is -2.32. The van der Waals surface area contributed by atoms with E-state index < -0.39 is 17.2 Å². The van der Waals surface area contributed by atoms with Crippen LogP contribution in [-0.4, -0.2) is 43.5 Å². The van der Waals surface area contributed by atoms with Gasteiger partial charge in [-0.05, 0) is 20.8 Å². The zero-order chi connectivity index (χ0) is 14.3. The van der Waals surface area contributed by atoms with Crippen LogP contribution in [0.2, 0.25) is 0 Å². The molecule has 6 heteroatoms. The van der Waals surface area contributed by atoms with E-state index in [0.717, 1.165) is 0 Å². The van der Waals surface area contributed by atoms with Crippen LogP contribution >= 0.6 is 9.24 Å². The van der Waals surface area contributed by atoms with Gasteiger partial charge in [-0.1, -0.05) is 6.58 Å². The fraction of sp³-hybridized carbons (Fsp3) is 0.667. The van der Waals surface area contributed by atoms with Gasteiger partial charge in [-0.15, -0.1) is 9.24 Å². The van der Waals surface area contributed by atoms with E-state index >= 15 is 0 Å². The molecule has 0 aromatic carbocycles. The van der Waals surface area contributed by atoms with Crippen LogP contribution in [0.25, 0.3) is 0 Å². The minimum Gasteiger partial charge on any atom is -0.462 e. The Morgan fingerprint density at radius 1 is 1.28 bits per heavy atom. The third-order valence-corrected chi connectivity index (χ3v) is 2.24. The van der Waals surface area contributed by atoms with Crippen molar-refractivity contribution in [2.45, 2.75) is 32.0 Å². The molecular formula is C12H21O5P. The summed E-state index contributed by atoms with van der Waals surface area (Å²) in [6.07, 6.45) is -0.482. The number of ether oxygens (including phenoxy) is 3. The van der Waals surface area contributed by atoms with E-state index in [9.17, 15) is 9.59 Å². The van der Waals surface area contributed by atoms with Crippen LogP contribution in [-0.2, 0) is 23.8 Å². The molecule has 0 bridgehead atoms. The predicted octanol–water partition coefficient (Wildman–Crippen LogP) is 1.32. The van der Waals surface area contributed by atoms with Crippen LogP contribution in [0.3, 0.4) is 0 Å². The second-order valence-corrected chi connectivity index (χ2v) is 6.00. The van der Waals surface area contributed by atoms with Crippen molar-refractivity contribution in [3.05, 3.63) is 12.2 Å². The van der Waals surface area contributed by atoms with Crippen LogP contribution in [0, 0.1) is 0 Å². The third-order valence-electron chi connectivity index (χ3n) is 2.01. The van der Waals surface area contributed by atoms with Crippen LogP contribution in [0.15, 0.2) is 12.2 Å². The molecule has 0 amide bonds. The van der Waals surface area contributed by atoms with Crippen molar-refractivity contribution in [1.82, 2.24) is 0 Å². The second-order valence-electron chi connectivity index (χ2n) is 4.56. The lowest BCUT2D eigenvalue weighted by atomic mass is 10.2. The summed E-state index contributed by atoms with van der Waals surface area (Å²) < 4.78 is 15.0. The minimum absolute atomic E-state index is 0.0206. The molecule has 0 rings (SSSR count). The monoisotopic (exact) mass is 276 g/mol. The molecule has 104 valence electrons. The summed E-state index contributed by atoms with van der Waals surface area (Å²) >= 11 is 0. The molecule has 0 saturated heterocycles. The number of rotatable bonds is 7. The molecule has 0 aromatic rings. The Kier molecular flexibility index (Phi) is 7.11. The van der Waals surface area contributed by atoms with Gasteiger partial charge in [0.05, 0.1) is 5.16 Å². The van der Waals surface area contributed by atoms with Crippen LogP contribution in [0.1, 0.15) is 20.8 Å². The Morgan fingerprint density at radius 3 is 2.17 bits per heavy atom. The normalized spacial score (nSPS) is 12.7. The van der Waals surface area contributed by atoms with Crippen LogP contribution in [0.5, 0.6) is 0 Å². The van der Waals surface area contributed by atoms with Crippen molar-refractivity contribution in [3.8, 4) is 0 Å². The van der Waals surface area contributed by atoms with Crippen LogP contribution in [0.4, 0.5) is 0 Å². The standard InChI is InChI=1S/C12H21O5P/c1-8(2)10(13)16-6-9(15-5)7-17-11(14)12(3,4)18/h9H,1,6-7,18H2,2-5H3. The Bertz CT molecular complexity index is 319. The van der Waals surface area contributed by atoms with E-state index in [2.05, 4.69) is 15.8 Å². The molecule has 0 saturated carbocycles. The quantitative estimate of drug-likeness (QED) is 0.398. The third kappa shape index (κ3) is 6.72. The van der Waals surface area contributed by atoms with Gasteiger partial charge in [0.15, 0.2) is 0 Å². The fourth-order valence-electron chi connectivity index (χ4n) is 0.831. The number of methoxy groups -OCH3 is 1. The highest BCUT2D eigenvalue weighted by Crippen LogP contribution is 2.17. The van der Waals surface area contributed by atoms with Crippen molar-refractivity contribution < 1.29 is 23.8 Å². The van der Waals surface area contributed by atoms with Crippen LogP contribution < -0.4 is 0 Å². The lowest BCUT2D eigenvalue weighted by Gasteiger charge is -2.20. The van der Waals surface area contributed by atoms with Gasteiger partial charge >= 0.3 is 11.9 Å². The number of carbonyl (C=O) groups is 2. The van der Waals surface area contributed by atoms with Gasteiger partial charge in [-0.2, -0.15) is 0 Å². The Balaban J connectivity index is 4.10. The first kappa shape index (κ1) is 17.1. The van der Waals surface area contributed by atoms with Gasteiger partial charge in [0.2, 0.25) is 0 Å². The maximum absolute atomic E-state index is 11.5. The SMILES string of the molecule is C=C(C)C(=O)OCC(COC(=O)C(C)(C)P)OC. The molecule has 0 N–H and O–H groups in total. The largest absolute Gasteiger partial charge is 0.462 e. The highest BCUT2D eigenvalue weighted by atomic mass is 31.0. The zero-order valence-corrected chi connectivity index (χ0v) is 12.5. The number of hydrogen-bond donors (Lipinski definition) is 0. The zero-order valence-electron chi connectivity index (χ0n) is 11.3. The lowest BCUT2D eigenvalue weighted by molar-refractivity contribution is -0.153. The molecule has 0 radical (unpaired) electrons. The van der Waals surface area contributed by atoms with Gasteiger partial charge in [0.1, 0.15) is 19.3 Å². The molecular weight excluding hydrogens is 255 g/mol. The maximum atomic E-state index is 11.5. The van der Waals surface area contributed by atoms with E-state index in [1.54, 1.807) is 20.8 Å². The summed E-state index contributed by atoms with van der Waals surface area (Å²) in [6.45, 7) is 8.53. The molecule has 0 spiro atoms. The Labute approximate surface area is 110 Å². The summed E-state index contributed by atoms with van der Waals surface area (Å²) in [7, 11) is 3.85. The second kappa shape index (κ2) is 7.49. The average molecular weight is 276 g/mol. The highest BCUT2D eigenvalue weighted by Gasteiger charge is 2.24. The van der Waals surface area contributed by atoms with Gasteiger partial charge in [-0.25, -0.2) is 4.79 Å². The molecule has 0 aliphatic heterocycles. The van der Waals surface area contributed by atoms with E-state index in [1.807, 2.05) is 0 Å². The molecule has 5 nitrogen and oxygen atoms in total. The Hall–Kier alpha value is -0.930. The summed E-state index contributed by atoms with van der Waals surface area (Å²) in [5, 5.41) is -0.646. The summed E-state index contributed by atoms with van der Waals surface area (Å²) in [4.78, 5) is 22.7. The molecule has 2 atom stereocenters. The first-order valence-electron chi connectivity index (χ1n) is 5.50. The molecule has 2 unspecified atom stereocenters. The molecule has 0 aromatic heterocycles. The summed E-state index contributed by atoms with van der Waals surface area (Å²) in [5.74, 6) is -0.851. The molecule has 0 fully saturated rings. The number of esters is 2. The van der Waals surface area contributed by atoms with Crippen molar-refractivity contribution in [2.24, 2.45) is 0 Å². The first-order valence-corrected chi connectivity index (χ1v) is 6.07. The van der Waals surface area contributed by atoms with E-state index in [0.29, 0.717) is 5.57 Å². The van der Waals surface area contributed by atoms with E-state index in [1.165, 1.54) is 7.11 Å². The molecule has 0 aliphatic carbocycles. The topological polar surface area (TPSA) is 61.8 Å². The van der Waals surface area contributed by atoms with Crippen molar-refractivity contribution in [3.63, 3.8) is 0 Å². The van der Waals surface area contributed by atoms with Crippen molar-refractivity contribution >= 4 is 21.2 Å². The van der Waals surface area contributed by atoms with Gasteiger partial charge in [-0.3, -0.25) is 4.79 Å². The van der Waals surface area contributed by atoms with Gasteiger partial charge in [0.25, 0.3) is 0 Å². The summed E-state index contributed by atoms with van der Waals surface area (Å²) in [6, 6.07) is 0. The maximum Gasteiger partial charge on any atom is 0.333 e. The first-order chi connectivity index (χ1) is 8.18.